The van der Waals surface area contributed by atoms with Crippen LogP contribution in [0.25, 0.3) is 72.9 Å². The molecule has 0 N–H and O–H groups in total. The highest BCUT2D eigenvalue weighted by molar-refractivity contribution is 6.08. The molecule has 218 valence electrons. The van der Waals surface area contributed by atoms with Gasteiger partial charge in [-0.1, -0.05) is 123 Å². The number of hydrogen-bond acceptors (Lipinski definition) is 4. The molecule has 0 spiro atoms. The van der Waals surface area contributed by atoms with Crippen LogP contribution in [-0.2, 0) is 5.41 Å². The molecule has 46 heavy (non-hydrogen) atoms. The lowest BCUT2D eigenvalue weighted by molar-refractivity contribution is 0.656. The summed E-state index contributed by atoms with van der Waals surface area (Å²) in [5.74, 6) is 1.98. The van der Waals surface area contributed by atoms with E-state index < -0.39 is 0 Å². The van der Waals surface area contributed by atoms with E-state index in [4.69, 9.17) is 19.9 Å². The second-order valence-electron chi connectivity index (χ2n) is 12.3. The molecule has 0 unspecified atom stereocenters. The molecule has 3 aromatic heterocycles. The average Bonchev–Trinajstić information content (AvgIpc) is 3.58. The van der Waals surface area contributed by atoms with Gasteiger partial charge >= 0.3 is 0 Å². The predicted molar refractivity (Wildman–Crippen MR) is 186 cm³/mol. The first kappa shape index (κ1) is 26.5. The molecule has 5 heteroatoms. The van der Waals surface area contributed by atoms with Crippen molar-refractivity contribution in [1.82, 2.24) is 24.5 Å². The van der Waals surface area contributed by atoms with E-state index in [9.17, 15) is 0 Å². The third-order valence-corrected chi connectivity index (χ3v) is 9.29. The number of para-hydroxylation sites is 1. The van der Waals surface area contributed by atoms with E-state index in [-0.39, 0.29) is 5.41 Å². The Balaban J connectivity index is 1.32. The Morgan fingerprint density at radius 1 is 0.522 bits per heavy atom. The SMILES string of the molecule is CC1(C)c2cccc(-c3nc(-c4ccccc4)nc(-c4ccccc4)n3)c2-c2cccc(-n3c4ccccc4c4cccnc43)c21. The molecule has 0 saturated carbocycles. The summed E-state index contributed by atoms with van der Waals surface area (Å²) in [5, 5.41) is 2.35. The summed E-state index contributed by atoms with van der Waals surface area (Å²) in [5.41, 5.74) is 10.8. The zero-order chi connectivity index (χ0) is 30.8. The molecule has 0 saturated heterocycles. The zero-order valence-corrected chi connectivity index (χ0v) is 25.5. The molecular formula is C41H29N5. The quantitative estimate of drug-likeness (QED) is 0.204. The smallest absolute Gasteiger partial charge is 0.164 e. The Morgan fingerprint density at radius 3 is 1.87 bits per heavy atom. The van der Waals surface area contributed by atoms with Crippen LogP contribution in [0.15, 0.2) is 140 Å². The molecular weight excluding hydrogens is 562 g/mol. The summed E-state index contributed by atoms with van der Waals surface area (Å²) in [6, 6.07) is 46.2. The van der Waals surface area contributed by atoms with E-state index in [1.165, 1.54) is 27.6 Å². The van der Waals surface area contributed by atoms with Gasteiger partial charge in [0.15, 0.2) is 17.5 Å². The fourth-order valence-electron chi connectivity index (χ4n) is 7.24. The molecule has 0 aliphatic heterocycles. The first-order valence-corrected chi connectivity index (χ1v) is 15.6. The van der Waals surface area contributed by atoms with E-state index in [2.05, 4.69) is 85.1 Å². The Bertz CT molecular complexity index is 2330. The molecule has 5 aromatic carbocycles. The lowest BCUT2D eigenvalue weighted by Gasteiger charge is -2.25. The van der Waals surface area contributed by atoms with Gasteiger partial charge < -0.3 is 0 Å². The molecule has 5 nitrogen and oxygen atoms in total. The van der Waals surface area contributed by atoms with Crippen molar-refractivity contribution in [3.05, 3.63) is 151 Å². The van der Waals surface area contributed by atoms with Crippen molar-refractivity contribution in [2.45, 2.75) is 19.3 Å². The Kier molecular flexibility index (Phi) is 5.78. The molecule has 0 fully saturated rings. The molecule has 0 atom stereocenters. The number of nitrogens with zero attached hydrogens (tertiary/aromatic N) is 5. The third-order valence-electron chi connectivity index (χ3n) is 9.29. The van der Waals surface area contributed by atoms with Crippen LogP contribution >= 0.6 is 0 Å². The number of aromatic nitrogens is 5. The van der Waals surface area contributed by atoms with Crippen LogP contribution < -0.4 is 0 Å². The Morgan fingerprint density at radius 2 is 1.13 bits per heavy atom. The number of hydrogen-bond donors (Lipinski definition) is 0. The van der Waals surface area contributed by atoms with Crippen molar-refractivity contribution >= 4 is 21.9 Å². The van der Waals surface area contributed by atoms with Crippen LogP contribution in [0.4, 0.5) is 0 Å². The average molecular weight is 592 g/mol. The van der Waals surface area contributed by atoms with Gasteiger partial charge in [-0.15, -0.1) is 0 Å². The number of benzene rings is 5. The van der Waals surface area contributed by atoms with Gasteiger partial charge in [-0.05, 0) is 46.5 Å². The molecule has 1 aliphatic rings. The van der Waals surface area contributed by atoms with Crippen molar-refractivity contribution < 1.29 is 0 Å². The molecule has 9 rings (SSSR count). The van der Waals surface area contributed by atoms with Crippen LogP contribution in [0.2, 0.25) is 0 Å². The van der Waals surface area contributed by atoms with E-state index >= 15 is 0 Å². The van der Waals surface area contributed by atoms with Gasteiger partial charge in [-0.3, -0.25) is 4.57 Å². The zero-order valence-electron chi connectivity index (χ0n) is 25.5. The van der Waals surface area contributed by atoms with Crippen LogP contribution in [0.3, 0.4) is 0 Å². The van der Waals surface area contributed by atoms with Crippen molar-refractivity contribution in [2.24, 2.45) is 0 Å². The van der Waals surface area contributed by atoms with Crippen LogP contribution in [0, 0.1) is 0 Å². The number of pyridine rings is 1. The van der Waals surface area contributed by atoms with Gasteiger partial charge in [0.2, 0.25) is 0 Å². The van der Waals surface area contributed by atoms with Gasteiger partial charge in [-0.25, -0.2) is 19.9 Å². The van der Waals surface area contributed by atoms with Crippen molar-refractivity contribution in [3.63, 3.8) is 0 Å². The first-order chi connectivity index (χ1) is 22.6. The fourth-order valence-corrected chi connectivity index (χ4v) is 7.24. The molecule has 0 amide bonds. The maximum Gasteiger partial charge on any atom is 0.164 e. The minimum atomic E-state index is -0.290. The van der Waals surface area contributed by atoms with Gasteiger partial charge in [-0.2, -0.15) is 0 Å². The Hall–Kier alpha value is -5.94. The van der Waals surface area contributed by atoms with Gasteiger partial charge in [0, 0.05) is 39.1 Å². The van der Waals surface area contributed by atoms with E-state index in [1.54, 1.807) is 0 Å². The Labute approximate surface area is 266 Å². The first-order valence-electron chi connectivity index (χ1n) is 15.6. The second kappa shape index (κ2) is 10.0. The molecule has 1 aliphatic carbocycles. The second-order valence-corrected chi connectivity index (χ2v) is 12.3. The van der Waals surface area contributed by atoms with E-state index in [1.807, 2.05) is 72.9 Å². The third kappa shape index (κ3) is 3.88. The lowest BCUT2D eigenvalue weighted by atomic mass is 9.81. The minimum absolute atomic E-state index is 0.290. The highest BCUT2D eigenvalue weighted by Crippen LogP contribution is 2.54. The number of fused-ring (bicyclic) bond motifs is 6. The maximum absolute atomic E-state index is 5.11. The minimum Gasteiger partial charge on any atom is -0.294 e. The van der Waals surface area contributed by atoms with Crippen LogP contribution in [0.1, 0.15) is 25.0 Å². The van der Waals surface area contributed by atoms with Crippen LogP contribution in [-0.4, -0.2) is 24.5 Å². The summed E-state index contributed by atoms with van der Waals surface area (Å²) in [7, 11) is 0. The number of rotatable bonds is 4. The largest absolute Gasteiger partial charge is 0.294 e. The molecule has 8 aromatic rings. The summed E-state index contributed by atoms with van der Waals surface area (Å²) in [4.78, 5) is 20.1. The molecule has 0 radical (unpaired) electrons. The van der Waals surface area contributed by atoms with Gasteiger partial charge in [0.1, 0.15) is 5.65 Å². The van der Waals surface area contributed by atoms with E-state index in [0.717, 1.165) is 38.9 Å². The summed E-state index contributed by atoms with van der Waals surface area (Å²) in [6.45, 7) is 4.65. The monoisotopic (exact) mass is 591 g/mol. The summed E-state index contributed by atoms with van der Waals surface area (Å²) in [6.07, 6.45) is 1.88. The van der Waals surface area contributed by atoms with Gasteiger partial charge in [0.05, 0.1) is 11.2 Å². The molecule has 0 bridgehead atoms. The topological polar surface area (TPSA) is 56.5 Å². The van der Waals surface area contributed by atoms with Crippen LogP contribution in [0.5, 0.6) is 0 Å². The summed E-state index contributed by atoms with van der Waals surface area (Å²) < 4.78 is 2.33. The highest BCUT2D eigenvalue weighted by Gasteiger charge is 2.40. The van der Waals surface area contributed by atoms with Crippen molar-refractivity contribution in [1.29, 1.82) is 0 Å². The predicted octanol–water partition coefficient (Wildman–Crippen LogP) is 9.67. The van der Waals surface area contributed by atoms with Crippen molar-refractivity contribution in [2.75, 3.05) is 0 Å². The normalized spacial score (nSPS) is 13.2. The molecule has 3 heterocycles. The maximum atomic E-state index is 5.11. The fraction of sp³-hybridized carbons (Fsp3) is 0.0732. The van der Waals surface area contributed by atoms with Crippen molar-refractivity contribution in [3.8, 4) is 51.0 Å². The standard InChI is InChI=1S/C41H29N5/c1-41(2)32-22-11-20-31(39-44-37(26-14-5-3-6-15-26)43-38(45-39)27-16-7-4-8-17-27)35(32)30-19-12-24-34(36(30)41)46-33-23-10-9-18-28(33)29-21-13-25-42-40(29)46/h3-25H,1-2H3. The lowest BCUT2D eigenvalue weighted by Crippen LogP contribution is -2.18. The van der Waals surface area contributed by atoms with E-state index in [0.29, 0.717) is 17.5 Å². The van der Waals surface area contributed by atoms with Gasteiger partial charge in [0.25, 0.3) is 0 Å². The highest BCUT2D eigenvalue weighted by atomic mass is 15.1. The summed E-state index contributed by atoms with van der Waals surface area (Å²) >= 11 is 0.